The Hall–Kier alpha value is -1.47. The van der Waals surface area contributed by atoms with Gasteiger partial charge in [0, 0.05) is 9.85 Å². The molecule has 0 radical (unpaired) electrons. The summed E-state index contributed by atoms with van der Waals surface area (Å²) in [5, 5.41) is 14.1. The van der Waals surface area contributed by atoms with Crippen LogP contribution < -0.4 is 5.32 Å². The molecule has 0 unspecified atom stereocenters. The van der Waals surface area contributed by atoms with Crippen molar-refractivity contribution in [3.63, 3.8) is 0 Å². The Morgan fingerprint density at radius 2 is 2.20 bits per heavy atom. The van der Waals surface area contributed by atoms with E-state index in [1.165, 1.54) is 17.4 Å². The first-order valence-corrected chi connectivity index (χ1v) is 7.39. The monoisotopic (exact) mass is 358 g/mol. The van der Waals surface area contributed by atoms with Crippen molar-refractivity contribution in [3.8, 4) is 0 Å². The van der Waals surface area contributed by atoms with E-state index in [9.17, 15) is 9.18 Å². The molecule has 4 nitrogen and oxygen atoms in total. The van der Waals surface area contributed by atoms with Gasteiger partial charge >= 0.3 is 5.97 Å². The lowest BCUT2D eigenvalue weighted by molar-refractivity contribution is -0.142. The SMILES string of the molecule is CC(C)(C(=O)O)c1csc(Nc2ccc(Br)cc2F)n1. The molecular formula is C13H12BrFN2O2S. The minimum atomic E-state index is -1.07. The number of aliphatic carboxylic acids is 1. The summed E-state index contributed by atoms with van der Waals surface area (Å²) in [5.41, 5.74) is -0.341. The normalized spacial score (nSPS) is 11.4. The van der Waals surface area contributed by atoms with E-state index in [1.54, 1.807) is 31.4 Å². The number of halogens is 2. The first kappa shape index (κ1) is 14.9. The Morgan fingerprint density at radius 3 is 2.80 bits per heavy atom. The largest absolute Gasteiger partial charge is 0.481 e. The van der Waals surface area contributed by atoms with Crippen LogP contribution in [0.5, 0.6) is 0 Å². The van der Waals surface area contributed by atoms with Crippen LogP contribution in [0.25, 0.3) is 0 Å². The summed E-state index contributed by atoms with van der Waals surface area (Å²) in [6.07, 6.45) is 0. The maximum atomic E-state index is 13.7. The number of rotatable bonds is 4. The summed E-state index contributed by atoms with van der Waals surface area (Å²) in [6.45, 7) is 3.16. The minimum Gasteiger partial charge on any atom is -0.481 e. The number of carbonyl (C=O) groups is 1. The molecule has 106 valence electrons. The molecule has 0 aliphatic heterocycles. The quantitative estimate of drug-likeness (QED) is 0.861. The highest BCUT2D eigenvalue weighted by Crippen LogP contribution is 2.30. The molecule has 20 heavy (non-hydrogen) atoms. The third-order valence-corrected chi connectivity index (χ3v) is 4.10. The van der Waals surface area contributed by atoms with Crippen LogP contribution in [0.15, 0.2) is 28.1 Å². The molecule has 1 heterocycles. The third-order valence-electron chi connectivity index (χ3n) is 2.85. The van der Waals surface area contributed by atoms with Crippen molar-refractivity contribution in [2.75, 3.05) is 5.32 Å². The predicted molar refractivity (Wildman–Crippen MR) is 80.2 cm³/mol. The van der Waals surface area contributed by atoms with E-state index in [4.69, 9.17) is 5.11 Å². The number of thiazole rings is 1. The number of nitrogens with one attached hydrogen (secondary N) is 1. The number of hydrogen-bond donors (Lipinski definition) is 2. The number of anilines is 2. The van der Waals surface area contributed by atoms with E-state index in [-0.39, 0.29) is 0 Å². The number of benzene rings is 1. The van der Waals surface area contributed by atoms with Crippen molar-refractivity contribution in [3.05, 3.63) is 39.6 Å². The summed E-state index contributed by atoms with van der Waals surface area (Å²) in [4.78, 5) is 15.4. The van der Waals surface area contributed by atoms with E-state index in [0.717, 1.165) is 0 Å². The van der Waals surface area contributed by atoms with Gasteiger partial charge in [-0.1, -0.05) is 15.9 Å². The average molecular weight is 359 g/mol. The summed E-state index contributed by atoms with van der Waals surface area (Å²) in [7, 11) is 0. The number of hydrogen-bond acceptors (Lipinski definition) is 4. The molecule has 2 N–H and O–H groups in total. The number of aromatic nitrogens is 1. The molecule has 1 aromatic heterocycles. The van der Waals surface area contributed by atoms with Crippen molar-refractivity contribution >= 4 is 44.1 Å². The number of nitrogens with zero attached hydrogens (tertiary/aromatic N) is 1. The van der Waals surface area contributed by atoms with Gasteiger partial charge < -0.3 is 10.4 Å². The van der Waals surface area contributed by atoms with Crippen LogP contribution in [0, 0.1) is 5.82 Å². The Morgan fingerprint density at radius 1 is 1.50 bits per heavy atom. The van der Waals surface area contributed by atoms with Gasteiger partial charge in [0.25, 0.3) is 0 Å². The molecule has 0 aliphatic carbocycles. The maximum absolute atomic E-state index is 13.7. The average Bonchev–Trinajstić information content (AvgIpc) is 2.81. The fourth-order valence-electron chi connectivity index (χ4n) is 1.43. The first-order chi connectivity index (χ1) is 9.30. The summed E-state index contributed by atoms with van der Waals surface area (Å²) >= 11 is 4.42. The van der Waals surface area contributed by atoms with Crippen LogP contribution in [0.2, 0.25) is 0 Å². The van der Waals surface area contributed by atoms with Crippen molar-refractivity contribution in [2.24, 2.45) is 0 Å². The molecule has 0 spiro atoms. The van der Waals surface area contributed by atoms with Crippen LogP contribution in [0.4, 0.5) is 15.2 Å². The first-order valence-electron chi connectivity index (χ1n) is 5.72. The molecule has 0 fully saturated rings. The molecule has 0 bridgehead atoms. The zero-order valence-corrected chi connectivity index (χ0v) is 13.2. The summed E-state index contributed by atoms with van der Waals surface area (Å²) < 4.78 is 14.3. The highest BCUT2D eigenvalue weighted by atomic mass is 79.9. The van der Waals surface area contributed by atoms with E-state index in [2.05, 4.69) is 26.2 Å². The van der Waals surface area contributed by atoms with Gasteiger partial charge in [-0.05, 0) is 32.0 Å². The molecule has 7 heteroatoms. The van der Waals surface area contributed by atoms with Gasteiger partial charge in [0.2, 0.25) is 0 Å². The second-order valence-electron chi connectivity index (χ2n) is 4.72. The van der Waals surface area contributed by atoms with E-state index in [1.807, 2.05) is 0 Å². The van der Waals surface area contributed by atoms with Gasteiger partial charge in [0.15, 0.2) is 5.13 Å². The highest BCUT2D eigenvalue weighted by Gasteiger charge is 2.32. The Balaban J connectivity index is 2.24. The van der Waals surface area contributed by atoms with Gasteiger partial charge in [-0.25, -0.2) is 9.37 Å². The molecule has 0 saturated heterocycles. The van der Waals surface area contributed by atoms with Gasteiger partial charge in [-0.2, -0.15) is 0 Å². The van der Waals surface area contributed by atoms with Crippen LogP contribution in [-0.2, 0) is 10.2 Å². The molecule has 2 rings (SSSR count). The number of carboxylic acids is 1. The Bertz CT molecular complexity index is 658. The van der Waals surface area contributed by atoms with Crippen molar-refractivity contribution in [2.45, 2.75) is 19.3 Å². The van der Waals surface area contributed by atoms with Crippen molar-refractivity contribution in [1.29, 1.82) is 0 Å². The molecule has 0 aliphatic rings. The van der Waals surface area contributed by atoms with E-state index < -0.39 is 17.2 Å². The number of carboxylic acid groups (broad SMARTS) is 1. The smallest absolute Gasteiger partial charge is 0.315 e. The Labute approximate surface area is 127 Å². The standard InChI is InChI=1S/C13H12BrFN2O2S/c1-13(2,11(18)19)10-6-20-12(17-10)16-9-4-3-7(14)5-8(9)15/h3-6H,1-2H3,(H,16,17)(H,18,19). The lowest BCUT2D eigenvalue weighted by Gasteiger charge is -2.15. The lowest BCUT2D eigenvalue weighted by Crippen LogP contribution is -2.28. The van der Waals surface area contributed by atoms with Gasteiger partial charge in [-0.3, -0.25) is 4.79 Å². The second kappa shape index (κ2) is 5.49. The fraction of sp³-hybridized carbons (Fsp3) is 0.231. The molecule has 0 atom stereocenters. The van der Waals surface area contributed by atoms with Crippen molar-refractivity contribution in [1.82, 2.24) is 4.98 Å². The van der Waals surface area contributed by atoms with Crippen LogP contribution in [0.1, 0.15) is 19.5 Å². The minimum absolute atomic E-state index is 0.294. The topological polar surface area (TPSA) is 62.2 Å². The third kappa shape index (κ3) is 2.99. The molecule has 1 aromatic carbocycles. The second-order valence-corrected chi connectivity index (χ2v) is 6.49. The Kier molecular flexibility index (Phi) is 4.10. The molecule has 0 saturated carbocycles. The zero-order valence-electron chi connectivity index (χ0n) is 10.8. The zero-order chi connectivity index (χ0) is 14.9. The van der Waals surface area contributed by atoms with Crippen LogP contribution in [-0.4, -0.2) is 16.1 Å². The summed E-state index contributed by atoms with van der Waals surface area (Å²) in [6, 6.07) is 4.64. The lowest BCUT2D eigenvalue weighted by atomic mass is 9.90. The highest BCUT2D eigenvalue weighted by molar-refractivity contribution is 9.10. The van der Waals surface area contributed by atoms with E-state index >= 15 is 0 Å². The van der Waals surface area contributed by atoms with E-state index in [0.29, 0.717) is 21.0 Å². The summed E-state index contributed by atoms with van der Waals surface area (Å²) in [5.74, 6) is -1.36. The van der Waals surface area contributed by atoms with Gasteiger partial charge in [0.1, 0.15) is 11.2 Å². The van der Waals surface area contributed by atoms with Gasteiger partial charge in [-0.15, -0.1) is 11.3 Å². The predicted octanol–water partition coefficient (Wildman–Crippen LogP) is 4.15. The van der Waals surface area contributed by atoms with Crippen LogP contribution >= 0.6 is 27.3 Å². The van der Waals surface area contributed by atoms with Crippen molar-refractivity contribution < 1.29 is 14.3 Å². The van der Waals surface area contributed by atoms with Crippen LogP contribution in [0.3, 0.4) is 0 Å². The molecule has 2 aromatic rings. The van der Waals surface area contributed by atoms with Gasteiger partial charge in [0.05, 0.1) is 11.4 Å². The maximum Gasteiger partial charge on any atom is 0.315 e. The molecular weight excluding hydrogens is 347 g/mol. The fourth-order valence-corrected chi connectivity index (χ4v) is 2.66. The molecule has 0 amide bonds.